The summed E-state index contributed by atoms with van der Waals surface area (Å²) < 4.78 is 18.4. The number of rotatable bonds is 4. The van der Waals surface area contributed by atoms with Crippen LogP contribution in [0, 0.1) is 27.3 Å². The van der Waals surface area contributed by atoms with Gasteiger partial charge in [0, 0.05) is 0 Å². The molecule has 0 saturated heterocycles. The molecule has 0 radical (unpaired) electrons. The van der Waals surface area contributed by atoms with E-state index >= 15 is 0 Å². The number of nitrogens with zero attached hydrogens (tertiary/aromatic N) is 2. The predicted octanol–water partition coefficient (Wildman–Crippen LogP) is 2.81. The van der Waals surface area contributed by atoms with Crippen LogP contribution in [-0.2, 0) is 6.54 Å². The Morgan fingerprint density at radius 1 is 1.42 bits per heavy atom. The van der Waals surface area contributed by atoms with Crippen molar-refractivity contribution in [3.63, 3.8) is 0 Å². The Balaban J connectivity index is 2.06. The molecule has 0 fully saturated rings. The Morgan fingerprint density at radius 3 is 2.79 bits per heavy atom. The molecule has 7 heteroatoms. The van der Waals surface area contributed by atoms with Gasteiger partial charge in [-0.1, -0.05) is 0 Å². The lowest BCUT2D eigenvalue weighted by Gasteiger charge is -2.05. The fraction of sp³-hybridized carbons (Fsp3) is 0.0833. The first-order valence-electron chi connectivity index (χ1n) is 5.27. The highest BCUT2D eigenvalue weighted by molar-refractivity contribution is 5.48. The molecule has 0 saturated carbocycles. The summed E-state index contributed by atoms with van der Waals surface area (Å²) >= 11 is 0. The van der Waals surface area contributed by atoms with Gasteiger partial charge in [-0.3, -0.25) is 10.1 Å². The number of nitriles is 1. The lowest BCUT2D eigenvalue weighted by Crippen LogP contribution is -2.00. The van der Waals surface area contributed by atoms with Gasteiger partial charge in [0.25, 0.3) is 0 Å². The van der Waals surface area contributed by atoms with E-state index in [2.05, 4.69) is 5.32 Å². The van der Waals surface area contributed by atoms with E-state index in [-0.39, 0.29) is 23.7 Å². The first kappa shape index (κ1) is 12.6. The Labute approximate surface area is 107 Å². The van der Waals surface area contributed by atoms with E-state index in [1.165, 1.54) is 24.3 Å². The van der Waals surface area contributed by atoms with Gasteiger partial charge in [-0.05, 0) is 24.3 Å². The molecule has 19 heavy (non-hydrogen) atoms. The molecule has 0 bridgehead atoms. The van der Waals surface area contributed by atoms with Gasteiger partial charge < -0.3 is 9.73 Å². The third-order valence-corrected chi connectivity index (χ3v) is 2.38. The van der Waals surface area contributed by atoms with Crippen molar-refractivity contribution in [1.29, 1.82) is 5.26 Å². The van der Waals surface area contributed by atoms with Gasteiger partial charge in [-0.15, -0.1) is 0 Å². The van der Waals surface area contributed by atoms with Crippen molar-refractivity contribution in [1.82, 2.24) is 0 Å². The second kappa shape index (κ2) is 5.18. The molecular weight excluding hydrogens is 253 g/mol. The van der Waals surface area contributed by atoms with Crippen molar-refractivity contribution in [2.24, 2.45) is 0 Å². The van der Waals surface area contributed by atoms with Crippen LogP contribution in [0.25, 0.3) is 0 Å². The zero-order chi connectivity index (χ0) is 13.8. The van der Waals surface area contributed by atoms with Crippen molar-refractivity contribution in [2.75, 3.05) is 5.32 Å². The molecule has 0 aliphatic carbocycles. The third kappa shape index (κ3) is 2.87. The third-order valence-electron chi connectivity index (χ3n) is 2.38. The molecule has 96 valence electrons. The topological polar surface area (TPSA) is 92.1 Å². The highest BCUT2D eigenvalue weighted by Crippen LogP contribution is 2.19. The zero-order valence-electron chi connectivity index (χ0n) is 9.59. The van der Waals surface area contributed by atoms with Gasteiger partial charge in [0.2, 0.25) is 0 Å². The minimum absolute atomic E-state index is 0.108. The maximum Gasteiger partial charge on any atom is 0.433 e. The summed E-state index contributed by atoms with van der Waals surface area (Å²) in [6.45, 7) is 0.108. The van der Waals surface area contributed by atoms with Crippen molar-refractivity contribution < 1.29 is 13.7 Å². The van der Waals surface area contributed by atoms with E-state index in [1.54, 1.807) is 0 Å². The molecule has 0 aliphatic heterocycles. The minimum Gasteiger partial charge on any atom is -0.404 e. The van der Waals surface area contributed by atoms with E-state index in [9.17, 15) is 14.5 Å². The van der Waals surface area contributed by atoms with Gasteiger partial charge in [0.1, 0.15) is 16.5 Å². The number of anilines is 1. The SMILES string of the molecule is N#Cc1ccc(NCc2ccc([N+](=O)[O-])o2)c(F)c1. The molecule has 0 unspecified atom stereocenters. The average molecular weight is 261 g/mol. The van der Waals surface area contributed by atoms with Gasteiger partial charge in [-0.25, -0.2) is 4.39 Å². The number of halogens is 1. The predicted molar refractivity (Wildman–Crippen MR) is 63.8 cm³/mol. The van der Waals surface area contributed by atoms with Gasteiger partial charge in [0.15, 0.2) is 0 Å². The monoisotopic (exact) mass is 261 g/mol. The summed E-state index contributed by atoms with van der Waals surface area (Å²) in [7, 11) is 0. The van der Waals surface area contributed by atoms with Crippen LogP contribution in [0.5, 0.6) is 0 Å². The van der Waals surface area contributed by atoms with E-state index in [4.69, 9.17) is 9.68 Å². The first-order valence-corrected chi connectivity index (χ1v) is 5.27. The zero-order valence-corrected chi connectivity index (χ0v) is 9.59. The second-order valence-corrected chi connectivity index (χ2v) is 3.66. The number of nitrogens with one attached hydrogen (secondary N) is 1. The molecule has 2 rings (SSSR count). The quantitative estimate of drug-likeness (QED) is 0.674. The number of hydrogen-bond donors (Lipinski definition) is 1. The Kier molecular flexibility index (Phi) is 3.43. The molecule has 0 spiro atoms. The molecule has 0 aliphatic rings. The fourth-order valence-electron chi connectivity index (χ4n) is 1.47. The molecule has 6 nitrogen and oxygen atoms in total. The smallest absolute Gasteiger partial charge is 0.404 e. The maximum atomic E-state index is 13.5. The average Bonchev–Trinajstić information content (AvgIpc) is 2.86. The molecule has 1 N–H and O–H groups in total. The van der Waals surface area contributed by atoms with Crippen LogP contribution in [0.1, 0.15) is 11.3 Å². The van der Waals surface area contributed by atoms with E-state index in [0.29, 0.717) is 5.76 Å². The molecule has 2 aromatic rings. The van der Waals surface area contributed by atoms with Crippen LogP contribution in [0.3, 0.4) is 0 Å². The van der Waals surface area contributed by atoms with Crippen LogP contribution in [-0.4, -0.2) is 4.92 Å². The number of furan rings is 1. The fourth-order valence-corrected chi connectivity index (χ4v) is 1.47. The first-order chi connectivity index (χ1) is 9.10. The van der Waals surface area contributed by atoms with Crippen LogP contribution in [0.15, 0.2) is 34.7 Å². The van der Waals surface area contributed by atoms with Crippen LogP contribution in [0.2, 0.25) is 0 Å². The summed E-state index contributed by atoms with van der Waals surface area (Å²) in [5.74, 6) is -0.618. The second-order valence-electron chi connectivity index (χ2n) is 3.66. The van der Waals surface area contributed by atoms with E-state index in [1.807, 2.05) is 6.07 Å². The lowest BCUT2D eigenvalue weighted by atomic mass is 10.2. The minimum atomic E-state index is -0.647. The van der Waals surface area contributed by atoms with Crippen LogP contribution >= 0.6 is 0 Å². The highest BCUT2D eigenvalue weighted by atomic mass is 19.1. The van der Waals surface area contributed by atoms with Gasteiger partial charge in [0.05, 0.1) is 29.9 Å². The van der Waals surface area contributed by atoms with Crippen molar-refractivity contribution in [3.05, 3.63) is 57.6 Å². The van der Waals surface area contributed by atoms with Crippen molar-refractivity contribution >= 4 is 11.6 Å². The van der Waals surface area contributed by atoms with Crippen molar-refractivity contribution in [2.45, 2.75) is 6.54 Å². The van der Waals surface area contributed by atoms with Gasteiger partial charge >= 0.3 is 5.88 Å². The van der Waals surface area contributed by atoms with E-state index in [0.717, 1.165) is 6.07 Å². The molecule has 0 atom stereocenters. The largest absolute Gasteiger partial charge is 0.433 e. The summed E-state index contributed by atoms with van der Waals surface area (Å²) in [5.41, 5.74) is 0.412. The maximum absolute atomic E-state index is 13.5. The summed E-state index contributed by atoms with van der Waals surface area (Å²) in [5, 5.41) is 21.7. The Hall–Kier alpha value is -2.88. The number of hydrogen-bond acceptors (Lipinski definition) is 5. The van der Waals surface area contributed by atoms with Crippen LogP contribution < -0.4 is 5.32 Å². The lowest BCUT2D eigenvalue weighted by molar-refractivity contribution is -0.402. The van der Waals surface area contributed by atoms with Crippen LogP contribution in [0.4, 0.5) is 16.0 Å². The Morgan fingerprint density at radius 2 is 2.21 bits per heavy atom. The molecule has 1 aromatic carbocycles. The summed E-state index contributed by atoms with van der Waals surface area (Å²) in [4.78, 5) is 9.77. The normalized spacial score (nSPS) is 9.89. The summed E-state index contributed by atoms with van der Waals surface area (Å²) in [6.07, 6.45) is 0. The van der Waals surface area contributed by atoms with Crippen molar-refractivity contribution in [3.8, 4) is 6.07 Å². The number of nitro groups is 1. The highest BCUT2D eigenvalue weighted by Gasteiger charge is 2.12. The van der Waals surface area contributed by atoms with E-state index < -0.39 is 10.7 Å². The summed E-state index contributed by atoms with van der Waals surface area (Å²) in [6, 6.07) is 8.48. The molecular formula is C12H8FN3O3. The molecule has 1 aromatic heterocycles. The Bertz CT molecular complexity index is 660. The molecule has 1 heterocycles. The standard InChI is InChI=1S/C12H8FN3O3/c13-10-5-8(6-14)1-3-11(10)15-7-9-2-4-12(19-9)16(17)18/h1-5,15H,7H2. The van der Waals surface area contributed by atoms with Gasteiger partial charge in [-0.2, -0.15) is 5.26 Å². The number of benzene rings is 1. The molecule has 0 amide bonds.